The largest absolute Gasteiger partial charge is 0.372 e. The highest BCUT2D eigenvalue weighted by molar-refractivity contribution is 5.98. The van der Waals surface area contributed by atoms with Gasteiger partial charge in [-0.15, -0.1) is 0 Å². The van der Waals surface area contributed by atoms with Crippen LogP contribution in [-0.2, 0) is 6.42 Å². The lowest BCUT2D eigenvalue weighted by atomic mass is 10.1. The molecule has 1 heterocycles. The molecule has 4 nitrogen and oxygen atoms in total. The van der Waals surface area contributed by atoms with Crippen molar-refractivity contribution in [3.05, 3.63) is 59.3 Å². The second-order valence-electron chi connectivity index (χ2n) is 4.43. The first-order valence-corrected chi connectivity index (χ1v) is 6.46. The van der Waals surface area contributed by atoms with E-state index in [-0.39, 0.29) is 11.4 Å². The van der Waals surface area contributed by atoms with Gasteiger partial charge in [0.2, 0.25) is 0 Å². The van der Waals surface area contributed by atoms with Crippen LogP contribution in [0.4, 0.5) is 14.6 Å². The molecule has 21 heavy (non-hydrogen) atoms. The summed E-state index contributed by atoms with van der Waals surface area (Å²) in [6.07, 6.45) is 1.60. The van der Waals surface area contributed by atoms with Crippen molar-refractivity contribution in [2.45, 2.75) is 6.42 Å². The van der Waals surface area contributed by atoms with Crippen LogP contribution >= 0.6 is 0 Å². The monoisotopic (exact) mass is 291 g/mol. The number of rotatable bonds is 5. The standard InChI is InChI=1S/C15H15F2N3O/c1-18-14-13(8-12(17)9-20-14)15(21)19-7-6-10-2-4-11(16)5-3-10/h2-5,8-9H,6-7H2,1H3,(H,18,20)(H,19,21). The van der Waals surface area contributed by atoms with Gasteiger partial charge < -0.3 is 10.6 Å². The topological polar surface area (TPSA) is 54.0 Å². The number of amides is 1. The van der Waals surface area contributed by atoms with Gasteiger partial charge in [-0.05, 0) is 30.2 Å². The van der Waals surface area contributed by atoms with Gasteiger partial charge in [-0.25, -0.2) is 13.8 Å². The minimum Gasteiger partial charge on any atom is -0.372 e. The Bertz CT molecular complexity index is 629. The third-order valence-electron chi connectivity index (χ3n) is 2.95. The number of nitrogens with zero attached hydrogens (tertiary/aromatic N) is 1. The van der Waals surface area contributed by atoms with Gasteiger partial charge in [-0.2, -0.15) is 0 Å². The van der Waals surface area contributed by atoms with Crippen LogP contribution in [0.1, 0.15) is 15.9 Å². The summed E-state index contributed by atoms with van der Waals surface area (Å²) in [5, 5.41) is 5.42. The number of anilines is 1. The molecule has 0 unspecified atom stereocenters. The van der Waals surface area contributed by atoms with Crippen molar-refractivity contribution in [3.63, 3.8) is 0 Å². The zero-order valence-corrected chi connectivity index (χ0v) is 11.5. The van der Waals surface area contributed by atoms with Crippen LogP contribution in [0.25, 0.3) is 0 Å². The molecule has 110 valence electrons. The van der Waals surface area contributed by atoms with E-state index in [9.17, 15) is 13.6 Å². The van der Waals surface area contributed by atoms with Crippen LogP contribution in [0.3, 0.4) is 0 Å². The fourth-order valence-electron chi connectivity index (χ4n) is 1.88. The quantitative estimate of drug-likeness (QED) is 0.889. The van der Waals surface area contributed by atoms with Crippen LogP contribution in [-0.4, -0.2) is 24.5 Å². The number of nitrogens with one attached hydrogen (secondary N) is 2. The minimum absolute atomic E-state index is 0.150. The number of pyridine rings is 1. The first kappa shape index (κ1) is 14.9. The Morgan fingerprint density at radius 1 is 1.19 bits per heavy atom. The molecule has 0 saturated carbocycles. The molecular weight excluding hydrogens is 276 g/mol. The summed E-state index contributed by atoms with van der Waals surface area (Å²) < 4.78 is 25.9. The third kappa shape index (κ3) is 3.98. The molecule has 1 aromatic carbocycles. The zero-order valence-electron chi connectivity index (χ0n) is 11.5. The highest BCUT2D eigenvalue weighted by Gasteiger charge is 2.12. The molecule has 0 aliphatic heterocycles. The van der Waals surface area contributed by atoms with Gasteiger partial charge in [-0.1, -0.05) is 12.1 Å². The summed E-state index contributed by atoms with van der Waals surface area (Å²) >= 11 is 0. The van der Waals surface area contributed by atoms with Gasteiger partial charge in [0.25, 0.3) is 5.91 Å². The molecule has 0 atom stereocenters. The van der Waals surface area contributed by atoms with Crippen LogP contribution in [0.5, 0.6) is 0 Å². The molecule has 0 radical (unpaired) electrons. The molecule has 1 amide bonds. The molecule has 1 aromatic heterocycles. The second kappa shape index (κ2) is 6.78. The summed E-state index contributed by atoms with van der Waals surface area (Å²) in [7, 11) is 1.61. The molecule has 6 heteroatoms. The van der Waals surface area contributed by atoms with Crippen molar-refractivity contribution < 1.29 is 13.6 Å². The maximum atomic E-state index is 13.2. The maximum Gasteiger partial charge on any atom is 0.255 e. The number of benzene rings is 1. The molecule has 0 fully saturated rings. The smallest absolute Gasteiger partial charge is 0.255 e. The summed E-state index contributed by atoms with van der Waals surface area (Å²) in [5.74, 6) is -0.964. The van der Waals surface area contributed by atoms with Crippen molar-refractivity contribution in [1.29, 1.82) is 0 Å². The predicted octanol–water partition coefficient (Wildman–Crippen LogP) is 2.37. The molecule has 2 N–H and O–H groups in total. The molecule has 0 aliphatic carbocycles. The van der Waals surface area contributed by atoms with E-state index in [0.29, 0.717) is 18.8 Å². The van der Waals surface area contributed by atoms with Crippen LogP contribution in [0, 0.1) is 11.6 Å². The van der Waals surface area contributed by atoms with Crippen LogP contribution in [0.15, 0.2) is 36.5 Å². The first-order chi connectivity index (χ1) is 10.1. The van der Waals surface area contributed by atoms with E-state index in [1.165, 1.54) is 12.1 Å². The van der Waals surface area contributed by atoms with Crippen molar-refractivity contribution in [2.75, 3.05) is 18.9 Å². The molecule has 2 rings (SSSR count). The molecule has 0 saturated heterocycles. The average molecular weight is 291 g/mol. The number of carbonyl (C=O) groups excluding carboxylic acids is 1. The number of hydrogen-bond donors (Lipinski definition) is 2. The third-order valence-corrected chi connectivity index (χ3v) is 2.95. The van der Waals surface area contributed by atoms with Gasteiger partial charge in [0.15, 0.2) is 0 Å². The normalized spacial score (nSPS) is 10.2. The van der Waals surface area contributed by atoms with E-state index in [0.717, 1.165) is 17.8 Å². The van der Waals surface area contributed by atoms with E-state index in [1.807, 2.05) is 0 Å². The van der Waals surface area contributed by atoms with Crippen molar-refractivity contribution in [2.24, 2.45) is 0 Å². The SMILES string of the molecule is CNc1ncc(F)cc1C(=O)NCCc1ccc(F)cc1. The Balaban J connectivity index is 1.95. The Kier molecular flexibility index (Phi) is 4.81. The summed E-state index contributed by atoms with van der Waals surface area (Å²) in [6.45, 7) is 0.365. The van der Waals surface area contributed by atoms with Gasteiger partial charge in [-0.3, -0.25) is 4.79 Å². The maximum absolute atomic E-state index is 13.2. The van der Waals surface area contributed by atoms with Crippen molar-refractivity contribution in [3.8, 4) is 0 Å². The molecule has 0 aliphatic rings. The lowest BCUT2D eigenvalue weighted by Crippen LogP contribution is -2.26. The number of aromatic nitrogens is 1. The van der Waals surface area contributed by atoms with E-state index in [1.54, 1.807) is 19.2 Å². The van der Waals surface area contributed by atoms with Gasteiger partial charge in [0, 0.05) is 13.6 Å². The summed E-state index contributed by atoms with van der Waals surface area (Å²) in [4.78, 5) is 15.8. The highest BCUT2D eigenvalue weighted by atomic mass is 19.1. The minimum atomic E-state index is -0.572. The van der Waals surface area contributed by atoms with E-state index < -0.39 is 11.7 Å². The number of hydrogen-bond acceptors (Lipinski definition) is 3. The number of carbonyl (C=O) groups is 1. The number of halogens is 2. The van der Waals surface area contributed by atoms with Gasteiger partial charge >= 0.3 is 0 Å². The lowest BCUT2D eigenvalue weighted by molar-refractivity contribution is 0.0954. The molecule has 2 aromatic rings. The second-order valence-corrected chi connectivity index (χ2v) is 4.43. The highest BCUT2D eigenvalue weighted by Crippen LogP contribution is 2.12. The fourth-order valence-corrected chi connectivity index (χ4v) is 1.88. The summed E-state index contributed by atoms with van der Waals surface area (Å²) in [5.41, 5.74) is 1.06. The molecular formula is C15H15F2N3O. The Hall–Kier alpha value is -2.50. The Labute approximate surface area is 121 Å². The first-order valence-electron chi connectivity index (χ1n) is 6.46. The molecule has 0 spiro atoms. The average Bonchev–Trinajstić information content (AvgIpc) is 2.49. The van der Waals surface area contributed by atoms with Crippen LogP contribution in [0.2, 0.25) is 0 Å². The Morgan fingerprint density at radius 3 is 2.57 bits per heavy atom. The van der Waals surface area contributed by atoms with E-state index in [2.05, 4.69) is 15.6 Å². The van der Waals surface area contributed by atoms with E-state index >= 15 is 0 Å². The predicted molar refractivity (Wildman–Crippen MR) is 76.2 cm³/mol. The Morgan fingerprint density at radius 2 is 1.90 bits per heavy atom. The zero-order chi connectivity index (χ0) is 15.2. The van der Waals surface area contributed by atoms with Crippen molar-refractivity contribution in [1.82, 2.24) is 10.3 Å². The lowest BCUT2D eigenvalue weighted by Gasteiger charge is -2.09. The van der Waals surface area contributed by atoms with Gasteiger partial charge in [0.1, 0.15) is 17.5 Å². The molecule has 0 bridgehead atoms. The van der Waals surface area contributed by atoms with Gasteiger partial charge in [0.05, 0.1) is 11.8 Å². The van der Waals surface area contributed by atoms with Crippen molar-refractivity contribution >= 4 is 11.7 Å². The fraction of sp³-hybridized carbons (Fsp3) is 0.200. The van der Waals surface area contributed by atoms with Crippen LogP contribution < -0.4 is 10.6 Å². The van der Waals surface area contributed by atoms with E-state index in [4.69, 9.17) is 0 Å². The summed E-state index contributed by atoms with van der Waals surface area (Å²) in [6, 6.07) is 7.18.